The summed E-state index contributed by atoms with van der Waals surface area (Å²) in [5.74, 6) is -0.0242. The number of rotatable bonds is 6. The molecule has 3 aliphatic rings. The monoisotopic (exact) mass is 766 g/mol. The molecule has 1 heterocycles. The summed E-state index contributed by atoms with van der Waals surface area (Å²) >= 11 is 0. The summed E-state index contributed by atoms with van der Waals surface area (Å²) in [6.45, 7) is 1.41. The number of hydrogen-bond donors (Lipinski definition) is 1. The van der Waals surface area contributed by atoms with E-state index >= 15 is 0 Å². The van der Waals surface area contributed by atoms with E-state index in [0.29, 0.717) is 37.6 Å². The van der Waals surface area contributed by atoms with Gasteiger partial charge in [0, 0.05) is 17.2 Å². The van der Waals surface area contributed by atoms with Crippen molar-refractivity contribution in [3.8, 4) is 5.75 Å². The van der Waals surface area contributed by atoms with E-state index in [1.807, 2.05) is 36.4 Å². The molecule has 2 fully saturated rings. The number of non-ortho nitro benzene ring substituents is 1. The molecule has 4 atom stereocenters. The number of benzene rings is 4. The molecule has 1 aliphatic heterocycles. The van der Waals surface area contributed by atoms with Crippen molar-refractivity contribution >= 4 is 22.7 Å². The molecule has 294 valence electrons. The van der Waals surface area contributed by atoms with Gasteiger partial charge in [0.2, 0.25) is 0 Å². The maximum Gasteiger partial charge on any atom is 0.303 e. The van der Waals surface area contributed by atoms with Crippen LogP contribution in [0.25, 0.3) is 0 Å². The minimum atomic E-state index is -0.759. The fourth-order valence-corrected chi connectivity index (χ4v) is 8.29. The third-order valence-electron chi connectivity index (χ3n) is 11.0. The number of phenolic OH excluding ortho intramolecular Hbond substituents is 1. The number of nitro groups is 2. The van der Waals surface area contributed by atoms with Gasteiger partial charge in [0.25, 0.3) is 5.69 Å². The lowest BCUT2D eigenvalue weighted by atomic mass is 9.77. The SMILES string of the molecule is O=[N+]([O-])c1ccc(N=Nc2cc3c(O)c(c2)CO[C@@H]2CCCC[C@]2(c2ccccc2)OCCOCCO[C@@]2(c4ccccc4)CCCC[C@H]2OC3)c([N+](=O)[O-])c1. The molecule has 0 radical (unpaired) electrons. The number of phenols is 1. The minimum Gasteiger partial charge on any atom is -0.507 e. The molecular weight excluding hydrogens is 720 g/mol. The molecule has 2 saturated carbocycles. The zero-order chi connectivity index (χ0) is 39.0. The van der Waals surface area contributed by atoms with Gasteiger partial charge in [-0.25, -0.2) is 0 Å². The van der Waals surface area contributed by atoms with Crippen molar-refractivity contribution in [1.82, 2.24) is 0 Å². The maximum atomic E-state index is 11.8. The fourth-order valence-electron chi connectivity index (χ4n) is 8.29. The number of ether oxygens (including phenoxy) is 5. The molecule has 7 rings (SSSR count). The third kappa shape index (κ3) is 8.49. The van der Waals surface area contributed by atoms with Gasteiger partial charge >= 0.3 is 5.69 Å². The molecule has 2 aliphatic carbocycles. The van der Waals surface area contributed by atoms with Gasteiger partial charge in [0.1, 0.15) is 17.0 Å². The van der Waals surface area contributed by atoms with Crippen molar-refractivity contribution in [3.63, 3.8) is 0 Å². The molecular formula is C42H46N4O10. The fraction of sp³-hybridized carbons (Fsp3) is 0.429. The molecule has 56 heavy (non-hydrogen) atoms. The Hall–Kier alpha value is -5.12. The first-order valence-corrected chi connectivity index (χ1v) is 19.2. The molecule has 0 amide bonds. The average molecular weight is 767 g/mol. The Bertz CT molecular complexity index is 1920. The summed E-state index contributed by atoms with van der Waals surface area (Å²) in [7, 11) is 0. The summed E-state index contributed by atoms with van der Waals surface area (Å²) in [5, 5.41) is 43.5. The highest BCUT2D eigenvalue weighted by Gasteiger charge is 2.46. The molecule has 0 spiro atoms. The highest BCUT2D eigenvalue weighted by atomic mass is 16.6. The highest BCUT2D eigenvalue weighted by Crippen LogP contribution is 2.45. The third-order valence-corrected chi connectivity index (χ3v) is 11.0. The van der Waals surface area contributed by atoms with Crippen molar-refractivity contribution in [2.24, 2.45) is 10.2 Å². The second-order valence-corrected chi connectivity index (χ2v) is 14.4. The zero-order valence-electron chi connectivity index (χ0n) is 31.1. The van der Waals surface area contributed by atoms with Crippen LogP contribution in [0.5, 0.6) is 5.75 Å². The van der Waals surface area contributed by atoms with Gasteiger partial charge in [0.05, 0.1) is 73.4 Å². The van der Waals surface area contributed by atoms with Crippen molar-refractivity contribution in [1.29, 1.82) is 0 Å². The van der Waals surface area contributed by atoms with Gasteiger partial charge < -0.3 is 28.8 Å². The minimum absolute atomic E-state index is 0.000520. The number of nitrogens with zero attached hydrogens (tertiary/aromatic N) is 4. The van der Waals surface area contributed by atoms with E-state index < -0.39 is 32.4 Å². The van der Waals surface area contributed by atoms with Crippen LogP contribution in [0.1, 0.15) is 73.6 Å². The first-order valence-electron chi connectivity index (χ1n) is 19.2. The van der Waals surface area contributed by atoms with Gasteiger partial charge in [-0.15, -0.1) is 5.11 Å². The first-order chi connectivity index (χ1) is 27.3. The molecule has 14 nitrogen and oxygen atoms in total. The molecule has 2 bridgehead atoms. The highest BCUT2D eigenvalue weighted by molar-refractivity contribution is 5.62. The lowest BCUT2D eigenvalue weighted by molar-refractivity contribution is -0.393. The number of hydrogen-bond acceptors (Lipinski definition) is 12. The molecule has 1 N–H and O–H groups in total. The standard InChI is InChI=1S/C42H46N4O10/c47-40-30-25-34(43-44-36-18-17-35(45(48)49)27-37(36)46(50)51)26-31(40)29-54-39-16-8-10-20-42(39,33-13-5-2-6-14-33)56-24-22-52-21-23-55-41(32-11-3-1-4-12-32)19-9-7-15-38(41)53-28-30/h1-6,11-14,17-18,25-27,38-39,47H,7-10,15-16,19-24,28-29H2/t38-,39-,41-,42-/m1/s1. The second-order valence-electron chi connectivity index (χ2n) is 14.4. The van der Waals surface area contributed by atoms with Gasteiger partial charge in [-0.2, -0.15) is 5.11 Å². The number of azo groups is 1. The lowest BCUT2D eigenvalue weighted by Gasteiger charge is -2.44. The van der Waals surface area contributed by atoms with Crippen LogP contribution in [0.2, 0.25) is 0 Å². The average Bonchev–Trinajstić information content (AvgIpc) is 3.22. The Morgan fingerprint density at radius 1 is 0.643 bits per heavy atom. The first kappa shape index (κ1) is 39.1. The Morgan fingerprint density at radius 2 is 1.18 bits per heavy atom. The smallest absolute Gasteiger partial charge is 0.303 e. The normalized spacial score (nSPS) is 25.3. The molecule has 4 aromatic rings. The van der Waals surface area contributed by atoms with Crippen LogP contribution in [0.15, 0.2) is 101 Å². The molecule has 0 unspecified atom stereocenters. The van der Waals surface area contributed by atoms with Crippen LogP contribution in [0, 0.1) is 20.2 Å². The Labute approximate surface area is 324 Å². The summed E-state index contributed by atoms with van der Waals surface area (Å²) in [6, 6.07) is 26.5. The van der Waals surface area contributed by atoms with Crippen molar-refractivity contribution in [3.05, 3.63) is 133 Å². The topological polar surface area (TPSA) is 177 Å². The van der Waals surface area contributed by atoms with Crippen LogP contribution < -0.4 is 0 Å². The van der Waals surface area contributed by atoms with Crippen LogP contribution >= 0.6 is 0 Å². The molecule has 4 aromatic carbocycles. The maximum absolute atomic E-state index is 11.8. The summed E-state index contributed by atoms with van der Waals surface area (Å²) in [5.41, 5.74) is 0.453. The van der Waals surface area contributed by atoms with E-state index in [1.54, 1.807) is 12.1 Å². The second kappa shape index (κ2) is 17.8. The number of aromatic hydroxyl groups is 1. The Morgan fingerprint density at radius 3 is 1.68 bits per heavy atom. The van der Waals surface area contributed by atoms with Gasteiger partial charge in [-0.1, -0.05) is 86.3 Å². The van der Waals surface area contributed by atoms with E-state index in [9.17, 15) is 25.3 Å². The van der Waals surface area contributed by atoms with Gasteiger partial charge in [-0.3, -0.25) is 20.2 Å². The number of fused-ring (bicyclic) bond motifs is 4. The summed E-state index contributed by atoms with van der Waals surface area (Å²) in [6.07, 6.45) is 5.98. The molecule has 0 saturated heterocycles. The predicted octanol–water partition coefficient (Wildman–Crippen LogP) is 9.40. The van der Waals surface area contributed by atoms with Crippen molar-refractivity contribution in [2.45, 2.75) is 88.0 Å². The van der Waals surface area contributed by atoms with E-state index in [0.717, 1.165) is 74.6 Å². The zero-order valence-corrected chi connectivity index (χ0v) is 31.1. The van der Waals surface area contributed by atoms with E-state index in [1.165, 1.54) is 6.07 Å². The van der Waals surface area contributed by atoms with Crippen LogP contribution in [-0.2, 0) is 48.1 Å². The predicted molar refractivity (Wildman–Crippen MR) is 205 cm³/mol. The summed E-state index contributed by atoms with van der Waals surface area (Å²) in [4.78, 5) is 21.7. The van der Waals surface area contributed by atoms with E-state index in [-0.39, 0.29) is 42.5 Å². The Balaban J connectivity index is 1.28. The van der Waals surface area contributed by atoms with Crippen molar-refractivity contribution < 1.29 is 38.6 Å². The van der Waals surface area contributed by atoms with Crippen LogP contribution in [-0.4, -0.2) is 53.6 Å². The van der Waals surface area contributed by atoms with Crippen LogP contribution in [0.4, 0.5) is 22.7 Å². The van der Waals surface area contributed by atoms with Crippen LogP contribution in [0.3, 0.4) is 0 Å². The lowest BCUT2D eigenvalue weighted by Crippen LogP contribution is -2.47. The van der Waals surface area contributed by atoms with Crippen molar-refractivity contribution in [2.75, 3.05) is 26.4 Å². The largest absolute Gasteiger partial charge is 0.507 e. The van der Waals surface area contributed by atoms with Gasteiger partial charge in [0.15, 0.2) is 5.69 Å². The van der Waals surface area contributed by atoms with Gasteiger partial charge in [-0.05, 0) is 55.0 Å². The summed E-state index contributed by atoms with van der Waals surface area (Å²) < 4.78 is 33.1. The molecule has 14 heteroatoms. The quantitative estimate of drug-likeness (QED) is 0.113. The number of nitro benzene ring substituents is 2. The Kier molecular flexibility index (Phi) is 12.4. The van der Waals surface area contributed by atoms with E-state index in [4.69, 9.17) is 23.7 Å². The van der Waals surface area contributed by atoms with E-state index in [2.05, 4.69) is 34.5 Å². The molecule has 0 aromatic heterocycles.